The summed E-state index contributed by atoms with van der Waals surface area (Å²) in [5.74, 6) is -0.402. The summed E-state index contributed by atoms with van der Waals surface area (Å²) in [6.07, 6.45) is 0.635. The van der Waals surface area contributed by atoms with E-state index in [-0.39, 0.29) is 6.04 Å². The molecule has 2 unspecified atom stereocenters. The maximum atomic E-state index is 11.4. The molecule has 0 spiro atoms. The van der Waals surface area contributed by atoms with Gasteiger partial charge >= 0.3 is 0 Å². The predicted octanol–water partition coefficient (Wildman–Crippen LogP) is 0.464. The van der Waals surface area contributed by atoms with Crippen molar-refractivity contribution in [1.82, 2.24) is 4.90 Å². The van der Waals surface area contributed by atoms with E-state index in [9.17, 15) is 4.79 Å². The third-order valence-corrected chi connectivity index (χ3v) is 3.79. The van der Waals surface area contributed by atoms with E-state index in [2.05, 4.69) is 17.0 Å². The van der Waals surface area contributed by atoms with Crippen LogP contribution >= 0.6 is 0 Å². The van der Waals surface area contributed by atoms with Crippen molar-refractivity contribution in [3.63, 3.8) is 0 Å². The number of nitrogens with two attached hydrogens (primary N) is 2. The first-order valence-electron chi connectivity index (χ1n) is 5.91. The number of carbonyl (C=O) groups excluding carboxylic acids is 1. The SMILES string of the molecule is CC1N(Cc2ccccc2)CCC1(N)C(N)=O. The average Bonchev–Trinajstić information content (AvgIpc) is 2.60. The Bertz CT molecular complexity index is 406. The quantitative estimate of drug-likeness (QED) is 0.797. The van der Waals surface area contributed by atoms with Gasteiger partial charge < -0.3 is 11.5 Å². The van der Waals surface area contributed by atoms with Gasteiger partial charge in [0.05, 0.1) is 0 Å². The lowest BCUT2D eigenvalue weighted by molar-refractivity contribution is -0.123. The van der Waals surface area contributed by atoms with E-state index < -0.39 is 11.4 Å². The summed E-state index contributed by atoms with van der Waals surface area (Å²) in [7, 11) is 0. The van der Waals surface area contributed by atoms with Crippen molar-refractivity contribution in [3.05, 3.63) is 35.9 Å². The molecule has 4 nitrogen and oxygen atoms in total. The Labute approximate surface area is 102 Å². The Kier molecular flexibility index (Phi) is 3.17. The molecule has 1 aromatic carbocycles. The summed E-state index contributed by atoms with van der Waals surface area (Å²) >= 11 is 0. The molecule has 0 radical (unpaired) electrons. The molecular weight excluding hydrogens is 214 g/mol. The minimum Gasteiger partial charge on any atom is -0.368 e. The van der Waals surface area contributed by atoms with Crippen LogP contribution in [0.25, 0.3) is 0 Å². The summed E-state index contributed by atoms with van der Waals surface area (Å²) in [4.78, 5) is 13.6. The van der Waals surface area contributed by atoms with Crippen molar-refractivity contribution in [2.24, 2.45) is 11.5 Å². The molecule has 17 heavy (non-hydrogen) atoms. The fraction of sp³-hybridized carbons (Fsp3) is 0.462. The van der Waals surface area contributed by atoms with E-state index in [1.165, 1.54) is 5.56 Å². The summed E-state index contributed by atoms with van der Waals surface area (Å²) < 4.78 is 0. The number of benzene rings is 1. The molecule has 0 aliphatic carbocycles. The van der Waals surface area contributed by atoms with Crippen molar-refractivity contribution in [3.8, 4) is 0 Å². The number of amides is 1. The number of primary amides is 1. The van der Waals surface area contributed by atoms with Gasteiger partial charge in [-0.15, -0.1) is 0 Å². The topological polar surface area (TPSA) is 72.3 Å². The van der Waals surface area contributed by atoms with Gasteiger partial charge in [0.1, 0.15) is 5.54 Å². The molecule has 0 aromatic heterocycles. The first kappa shape index (κ1) is 12.1. The first-order chi connectivity index (χ1) is 8.04. The van der Waals surface area contributed by atoms with Gasteiger partial charge in [0.15, 0.2) is 0 Å². The minimum atomic E-state index is -0.880. The van der Waals surface area contributed by atoms with Crippen LogP contribution in [0.5, 0.6) is 0 Å². The van der Waals surface area contributed by atoms with Gasteiger partial charge in [0, 0.05) is 19.1 Å². The lowest BCUT2D eigenvalue weighted by Gasteiger charge is -2.29. The maximum absolute atomic E-state index is 11.4. The molecule has 1 fully saturated rings. The molecule has 0 saturated carbocycles. The van der Waals surface area contributed by atoms with E-state index in [0.717, 1.165) is 13.1 Å². The lowest BCUT2D eigenvalue weighted by Crippen LogP contribution is -2.58. The Balaban J connectivity index is 2.08. The normalized spacial score (nSPS) is 29.4. The molecule has 1 heterocycles. The van der Waals surface area contributed by atoms with E-state index in [1.807, 2.05) is 25.1 Å². The van der Waals surface area contributed by atoms with Crippen molar-refractivity contribution in [2.45, 2.75) is 31.5 Å². The molecule has 1 saturated heterocycles. The molecule has 2 atom stereocenters. The molecule has 2 rings (SSSR count). The van der Waals surface area contributed by atoms with Crippen LogP contribution in [0.3, 0.4) is 0 Å². The van der Waals surface area contributed by atoms with Gasteiger partial charge in [-0.25, -0.2) is 0 Å². The monoisotopic (exact) mass is 233 g/mol. The van der Waals surface area contributed by atoms with Gasteiger partial charge in [-0.05, 0) is 18.9 Å². The lowest BCUT2D eigenvalue weighted by atomic mass is 9.92. The Hall–Kier alpha value is -1.39. The van der Waals surface area contributed by atoms with Crippen LogP contribution in [-0.4, -0.2) is 28.9 Å². The number of nitrogens with zero attached hydrogens (tertiary/aromatic N) is 1. The van der Waals surface area contributed by atoms with Gasteiger partial charge in [-0.3, -0.25) is 9.69 Å². The zero-order chi connectivity index (χ0) is 12.5. The summed E-state index contributed by atoms with van der Waals surface area (Å²) in [6, 6.07) is 10.2. The van der Waals surface area contributed by atoms with Crippen LogP contribution in [0.1, 0.15) is 18.9 Å². The highest BCUT2D eigenvalue weighted by molar-refractivity contribution is 5.85. The Morgan fingerprint density at radius 1 is 1.47 bits per heavy atom. The van der Waals surface area contributed by atoms with Gasteiger partial charge in [-0.2, -0.15) is 0 Å². The molecule has 4 N–H and O–H groups in total. The molecule has 1 aliphatic heterocycles. The van der Waals surface area contributed by atoms with Crippen LogP contribution in [0.2, 0.25) is 0 Å². The van der Waals surface area contributed by atoms with E-state index in [1.54, 1.807) is 0 Å². The number of hydrogen-bond donors (Lipinski definition) is 2. The smallest absolute Gasteiger partial charge is 0.239 e. The van der Waals surface area contributed by atoms with Crippen LogP contribution < -0.4 is 11.5 Å². The number of rotatable bonds is 3. The van der Waals surface area contributed by atoms with Crippen LogP contribution in [-0.2, 0) is 11.3 Å². The second-order valence-electron chi connectivity index (χ2n) is 4.79. The van der Waals surface area contributed by atoms with Gasteiger partial charge in [0.2, 0.25) is 5.91 Å². The van der Waals surface area contributed by atoms with Crippen molar-refractivity contribution >= 4 is 5.91 Å². The highest BCUT2D eigenvalue weighted by Crippen LogP contribution is 2.27. The molecule has 1 aliphatic rings. The van der Waals surface area contributed by atoms with Crippen molar-refractivity contribution < 1.29 is 4.79 Å². The summed E-state index contributed by atoms with van der Waals surface area (Å²) in [5.41, 5.74) is 11.8. The standard InChI is InChI=1S/C13H19N3O/c1-10-13(15,12(14)17)7-8-16(10)9-11-5-3-2-4-6-11/h2-6,10H,7-9,15H2,1H3,(H2,14,17). The number of carbonyl (C=O) groups is 1. The van der Waals surface area contributed by atoms with E-state index in [4.69, 9.17) is 11.5 Å². The molecular formula is C13H19N3O. The number of likely N-dealkylation sites (tertiary alicyclic amines) is 1. The van der Waals surface area contributed by atoms with Gasteiger partial charge in [0.25, 0.3) is 0 Å². The zero-order valence-electron chi connectivity index (χ0n) is 10.1. The molecule has 1 aromatic rings. The van der Waals surface area contributed by atoms with Crippen molar-refractivity contribution in [1.29, 1.82) is 0 Å². The molecule has 0 bridgehead atoms. The third kappa shape index (κ3) is 2.18. The third-order valence-electron chi connectivity index (χ3n) is 3.79. The second-order valence-corrected chi connectivity index (χ2v) is 4.79. The Morgan fingerprint density at radius 2 is 2.12 bits per heavy atom. The van der Waals surface area contributed by atoms with E-state index in [0.29, 0.717) is 6.42 Å². The van der Waals surface area contributed by atoms with Crippen LogP contribution in [0, 0.1) is 0 Å². The molecule has 1 amide bonds. The highest BCUT2D eigenvalue weighted by atomic mass is 16.1. The van der Waals surface area contributed by atoms with Crippen LogP contribution in [0.4, 0.5) is 0 Å². The van der Waals surface area contributed by atoms with Crippen LogP contribution in [0.15, 0.2) is 30.3 Å². The summed E-state index contributed by atoms with van der Waals surface area (Å²) in [5, 5.41) is 0. The van der Waals surface area contributed by atoms with Gasteiger partial charge in [-0.1, -0.05) is 30.3 Å². The average molecular weight is 233 g/mol. The predicted molar refractivity (Wildman–Crippen MR) is 67.0 cm³/mol. The molecule has 92 valence electrons. The van der Waals surface area contributed by atoms with Crippen molar-refractivity contribution in [2.75, 3.05) is 6.54 Å². The summed E-state index contributed by atoms with van der Waals surface area (Å²) in [6.45, 7) is 3.60. The largest absolute Gasteiger partial charge is 0.368 e. The fourth-order valence-electron chi connectivity index (χ4n) is 2.42. The number of hydrogen-bond acceptors (Lipinski definition) is 3. The molecule has 4 heteroatoms. The Morgan fingerprint density at radius 3 is 2.65 bits per heavy atom. The minimum absolute atomic E-state index is 0.0137. The maximum Gasteiger partial charge on any atom is 0.239 e. The second kappa shape index (κ2) is 4.47. The highest BCUT2D eigenvalue weighted by Gasteiger charge is 2.46. The first-order valence-corrected chi connectivity index (χ1v) is 5.91. The zero-order valence-corrected chi connectivity index (χ0v) is 10.1. The fourth-order valence-corrected chi connectivity index (χ4v) is 2.42. The van der Waals surface area contributed by atoms with E-state index >= 15 is 0 Å².